The maximum absolute atomic E-state index is 14.1. The van der Waals surface area contributed by atoms with Crippen molar-refractivity contribution in [3.8, 4) is 11.1 Å². The Kier molecular flexibility index (Phi) is 10.5. The van der Waals surface area contributed by atoms with E-state index in [-0.39, 0.29) is 11.8 Å². The van der Waals surface area contributed by atoms with Crippen LogP contribution in [0.15, 0.2) is 72.3 Å². The number of amides is 1. The summed E-state index contributed by atoms with van der Waals surface area (Å²) >= 11 is 0. The Labute approximate surface area is 253 Å². The zero-order valence-electron chi connectivity index (χ0n) is 26.6. The van der Waals surface area contributed by atoms with Crippen LogP contribution in [0, 0.1) is 17.8 Å². The van der Waals surface area contributed by atoms with E-state index in [1.165, 1.54) is 0 Å². The number of hydrogen-bond acceptors (Lipinski definition) is 4. The zero-order chi connectivity index (χ0) is 30.4. The van der Waals surface area contributed by atoms with Crippen LogP contribution >= 0.6 is 0 Å². The highest BCUT2D eigenvalue weighted by Gasteiger charge is 2.36. The molecule has 2 aliphatic carbocycles. The molecule has 0 radical (unpaired) electrons. The van der Waals surface area contributed by atoms with Crippen LogP contribution < -0.4 is 4.90 Å². The fourth-order valence-electron chi connectivity index (χ4n) is 6.38. The third-order valence-corrected chi connectivity index (χ3v) is 9.27. The van der Waals surface area contributed by atoms with Crippen molar-refractivity contribution in [1.82, 2.24) is 9.78 Å². The largest absolute Gasteiger partial charge is 0.497 e. The molecule has 0 unspecified atom stereocenters. The van der Waals surface area contributed by atoms with Gasteiger partial charge in [0, 0.05) is 36.0 Å². The fourth-order valence-corrected chi connectivity index (χ4v) is 6.38. The van der Waals surface area contributed by atoms with E-state index in [0.29, 0.717) is 30.7 Å². The van der Waals surface area contributed by atoms with Crippen LogP contribution in [0.5, 0.6) is 0 Å². The first-order valence-corrected chi connectivity index (χ1v) is 15.7. The second-order valence-electron chi connectivity index (χ2n) is 13.3. The number of carbonyl (C=O) groups is 1. The van der Waals surface area contributed by atoms with E-state index in [1.807, 2.05) is 37.7 Å². The van der Waals surface area contributed by atoms with Crippen molar-refractivity contribution in [2.45, 2.75) is 97.6 Å². The standard InChI is InChI=1S/C36H51N3O3/c1-25(2)34(42-7)16-11-27(5)29-14-12-28(13-15-29)23-38(35(40)30-17-19-36(6,41)20-18-30)33-10-8-9-31(21-33)32-22-37-39(24-32)26(3)4/h8-11,16,21-22,24,26,28-30,41H,5,12-15,17-20,23H2,1-4,6-7H3/b16-11-/t28-,29-,30-,36-. The number of aromatic nitrogens is 2. The predicted octanol–water partition coefficient (Wildman–Crippen LogP) is 8.26. The Morgan fingerprint density at radius 3 is 2.40 bits per heavy atom. The molecule has 0 aliphatic heterocycles. The van der Waals surface area contributed by atoms with Crippen molar-refractivity contribution >= 4 is 11.6 Å². The van der Waals surface area contributed by atoms with E-state index in [9.17, 15) is 9.90 Å². The SMILES string of the molecule is C=C(/C=C\C(OC)=C(C)C)[C@H]1CC[C@H](CN(c2cccc(-c3cnn(C(C)C)c3)c2)C(=O)[C@H]2CC[C@](C)(O)CC2)CC1. The van der Waals surface area contributed by atoms with E-state index in [4.69, 9.17) is 4.74 Å². The van der Waals surface area contributed by atoms with Crippen LogP contribution in [-0.2, 0) is 9.53 Å². The molecule has 6 nitrogen and oxygen atoms in total. The number of benzene rings is 1. The molecule has 1 heterocycles. The lowest BCUT2D eigenvalue weighted by atomic mass is 9.77. The van der Waals surface area contributed by atoms with Crippen LogP contribution in [0.3, 0.4) is 0 Å². The molecule has 0 spiro atoms. The van der Waals surface area contributed by atoms with Crippen molar-refractivity contribution in [2.75, 3.05) is 18.6 Å². The van der Waals surface area contributed by atoms with Crippen LogP contribution in [0.1, 0.15) is 92.0 Å². The first-order valence-electron chi connectivity index (χ1n) is 15.7. The molecule has 0 saturated heterocycles. The van der Waals surface area contributed by atoms with Crippen LogP contribution in [0.25, 0.3) is 11.1 Å². The van der Waals surface area contributed by atoms with Gasteiger partial charge in [0.2, 0.25) is 5.91 Å². The highest BCUT2D eigenvalue weighted by Crippen LogP contribution is 2.38. The van der Waals surface area contributed by atoms with Gasteiger partial charge in [-0.15, -0.1) is 0 Å². The number of anilines is 1. The Bertz CT molecular complexity index is 1280. The van der Waals surface area contributed by atoms with Gasteiger partial charge in [0.1, 0.15) is 5.76 Å². The molecule has 2 aromatic rings. The van der Waals surface area contributed by atoms with E-state index in [2.05, 4.69) is 67.0 Å². The van der Waals surface area contributed by atoms with Gasteiger partial charge in [-0.3, -0.25) is 9.48 Å². The van der Waals surface area contributed by atoms with Crippen molar-refractivity contribution in [3.05, 3.63) is 72.3 Å². The third kappa shape index (κ3) is 8.03. The summed E-state index contributed by atoms with van der Waals surface area (Å²) in [7, 11) is 1.71. The minimum Gasteiger partial charge on any atom is -0.497 e. The predicted molar refractivity (Wildman–Crippen MR) is 172 cm³/mol. The number of methoxy groups -OCH3 is 1. The topological polar surface area (TPSA) is 67.6 Å². The molecule has 42 heavy (non-hydrogen) atoms. The number of ether oxygens (including phenoxy) is 1. The van der Waals surface area contributed by atoms with Crippen molar-refractivity contribution < 1.29 is 14.6 Å². The van der Waals surface area contributed by atoms with E-state index in [0.717, 1.165) is 78.8 Å². The van der Waals surface area contributed by atoms with Crippen molar-refractivity contribution in [2.24, 2.45) is 17.8 Å². The lowest BCUT2D eigenvalue weighted by Crippen LogP contribution is -2.43. The molecule has 1 aromatic heterocycles. The summed E-state index contributed by atoms with van der Waals surface area (Å²) in [5.41, 5.74) is 4.72. The van der Waals surface area contributed by atoms with E-state index < -0.39 is 5.60 Å². The van der Waals surface area contributed by atoms with Crippen molar-refractivity contribution in [3.63, 3.8) is 0 Å². The first-order chi connectivity index (χ1) is 20.0. The summed E-state index contributed by atoms with van der Waals surface area (Å²) in [5, 5.41) is 15.0. The highest BCUT2D eigenvalue weighted by molar-refractivity contribution is 5.95. The molecule has 228 valence electrons. The normalized spacial score (nSPS) is 24.5. The molecule has 6 heteroatoms. The van der Waals surface area contributed by atoms with Gasteiger partial charge in [0.15, 0.2) is 0 Å². The second-order valence-corrected chi connectivity index (χ2v) is 13.3. The van der Waals surface area contributed by atoms with E-state index in [1.54, 1.807) is 7.11 Å². The minimum atomic E-state index is -0.664. The van der Waals surface area contributed by atoms with Crippen LogP contribution in [0.4, 0.5) is 5.69 Å². The molecule has 1 amide bonds. The molecular formula is C36H51N3O3. The number of hydrogen-bond donors (Lipinski definition) is 1. The average molecular weight is 574 g/mol. The number of aliphatic hydroxyl groups is 1. The lowest BCUT2D eigenvalue weighted by molar-refractivity contribution is -0.125. The number of allylic oxidation sites excluding steroid dienone is 4. The Hall–Kier alpha value is -3.12. The number of carbonyl (C=O) groups excluding carboxylic acids is 1. The number of rotatable bonds is 10. The Balaban J connectivity index is 1.50. The first kappa shape index (κ1) is 31.8. The summed E-state index contributed by atoms with van der Waals surface area (Å²) < 4.78 is 7.45. The molecule has 1 aromatic carbocycles. The zero-order valence-corrected chi connectivity index (χ0v) is 26.6. The molecule has 4 rings (SSSR count). The van der Waals surface area contributed by atoms with Gasteiger partial charge in [-0.1, -0.05) is 30.4 Å². The molecular weight excluding hydrogens is 522 g/mol. The molecule has 1 N–H and O–H groups in total. The van der Waals surface area contributed by atoms with Crippen molar-refractivity contribution in [1.29, 1.82) is 0 Å². The summed E-state index contributed by atoms with van der Waals surface area (Å²) in [6, 6.07) is 8.66. The van der Waals surface area contributed by atoms with E-state index >= 15 is 0 Å². The van der Waals surface area contributed by atoms with Crippen LogP contribution in [-0.4, -0.2) is 40.0 Å². The number of nitrogens with zero attached hydrogens (tertiary/aromatic N) is 3. The van der Waals surface area contributed by atoms with Gasteiger partial charge in [-0.25, -0.2) is 0 Å². The minimum absolute atomic E-state index is 0.0520. The lowest BCUT2D eigenvalue weighted by Gasteiger charge is -2.37. The van der Waals surface area contributed by atoms with Gasteiger partial charge < -0.3 is 14.7 Å². The Morgan fingerprint density at radius 1 is 1.12 bits per heavy atom. The second kappa shape index (κ2) is 13.9. The summed E-state index contributed by atoms with van der Waals surface area (Å²) in [6.07, 6.45) is 15.2. The molecule has 2 fully saturated rings. The van der Waals surface area contributed by atoms with Gasteiger partial charge >= 0.3 is 0 Å². The van der Waals surface area contributed by atoms with Gasteiger partial charge in [0.25, 0.3) is 0 Å². The summed E-state index contributed by atoms with van der Waals surface area (Å²) in [5.74, 6) is 1.93. The Morgan fingerprint density at radius 2 is 1.81 bits per heavy atom. The maximum Gasteiger partial charge on any atom is 0.230 e. The molecule has 2 aliphatic rings. The van der Waals surface area contributed by atoms with Gasteiger partial charge in [-0.2, -0.15) is 5.10 Å². The maximum atomic E-state index is 14.1. The monoisotopic (exact) mass is 573 g/mol. The third-order valence-electron chi connectivity index (χ3n) is 9.27. The quantitative estimate of drug-likeness (QED) is 0.229. The highest BCUT2D eigenvalue weighted by atomic mass is 16.5. The van der Waals surface area contributed by atoms with Crippen LogP contribution in [0.2, 0.25) is 0 Å². The molecule has 0 bridgehead atoms. The smallest absolute Gasteiger partial charge is 0.230 e. The van der Waals surface area contributed by atoms with Gasteiger partial charge in [0.05, 0.1) is 18.9 Å². The molecule has 2 saturated carbocycles. The summed E-state index contributed by atoms with van der Waals surface area (Å²) in [6.45, 7) is 15.3. The average Bonchev–Trinajstić information content (AvgIpc) is 3.47. The summed E-state index contributed by atoms with van der Waals surface area (Å²) in [4.78, 5) is 16.2. The molecule has 0 atom stereocenters. The fraction of sp³-hybridized carbons (Fsp3) is 0.556. The van der Waals surface area contributed by atoms with Gasteiger partial charge in [-0.05, 0) is 127 Å².